The van der Waals surface area contributed by atoms with Crippen molar-refractivity contribution in [1.29, 1.82) is 0 Å². The highest BCUT2D eigenvalue weighted by molar-refractivity contribution is 7.90. The van der Waals surface area contributed by atoms with Gasteiger partial charge in [-0.3, -0.25) is 0 Å². The Morgan fingerprint density at radius 3 is 1.48 bits per heavy atom. The molecular weight excluding hydrogens is 406 g/mol. The topological polar surface area (TPSA) is 80.3 Å². The summed E-state index contributed by atoms with van der Waals surface area (Å²) in [6.07, 6.45) is 1.08. The van der Waals surface area contributed by atoms with Gasteiger partial charge in [-0.2, -0.15) is 0 Å². The molecule has 0 aromatic heterocycles. The van der Waals surface area contributed by atoms with Gasteiger partial charge in [-0.1, -0.05) is 60.7 Å². The van der Waals surface area contributed by atoms with Crippen molar-refractivity contribution < 1.29 is 16.8 Å². The molecule has 0 aliphatic rings. The van der Waals surface area contributed by atoms with Crippen LogP contribution in [0.3, 0.4) is 0 Å². The minimum absolute atomic E-state index is 0.0247. The molecule has 3 rings (SSSR count). The second-order valence-electron chi connectivity index (χ2n) is 6.95. The third-order valence-corrected chi connectivity index (χ3v) is 7.42. The molecule has 1 atom stereocenters. The quantitative estimate of drug-likeness (QED) is 0.622. The van der Waals surface area contributed by atoms with Crippen LogP contribution in [0.4, 0.5) is 0 Å². The number of hydrogen-bond donors (Lipinski definition) is 1. The van der Waals surface area contributed by atoms with Gasteiger partial charge in [0.25, 0.3) is 0 Å². The average molecular weight is 430 g/mol. The summed E-state index contributed by atoms with van der Waals surface area (Å²) in [5.41, 5.74) is 2.00. The van der Waals surface area contributed by atoms with Gasteiger partial charge in [-0.15, -0.1) is 0 Å². The van der Waals surface area contributed by atoms with Crippen LogP contribution in [0.15, 0.2) is 94.7 Å². The van der Waals surface area contributed by atoms with Crippen LogP contribution in [0.2, 0.25) is 0 Å². The standard InChI is InChI=1S/C22H23NO4S2/c1-17(22(18-9-5-3-6-10-18)19-11-7-4-8-12-19)23-29(26,27)21-15-13-20(14-16-21)28(2,24)25/h3-17,22-23H,1-2H3. The normalized spacial score (nSPS) is 13.3. The van der Waals surface area contributed by atoms with E-state index in [4.69, 9.17) is 0 Å². The summed E-state index contributed by atoms with van der Waals surface area (Å²) in [5.74, 6) is -0.178. The molecule has 0 amide bonds. The molecule has 0 heterocycles. The minimum atomic E-state index is -3.83. The molecule has 0 saturated heterocycles. The van der Waals surface area contributed by atoms with Crippen molar-refractivity contribution in [2.45, 2.75) is 28.7 Å². The Morgan fingerprint density at radius 2 is 1.07 bits per heavy atom. The van der Waals surface area contributed by atoms with Crippen molar-refractivity contribution >= 4 is 19.9 Å². The lowest BCUT2D eigenvalue weighted by Crippen LogP contribution is -2.37. The van der Waals surface area contributed by atoms with Gasteiger partial charge in [-0.05, 0) is 42.3 Å². The third kappa shape index (κ3) is 5.12. The van der Waals surface area contributed by atoms with Gasteiger partial charge < -0.3 is 0 Å². The van der Waals surface area contributed by atoms with Crippen LogP contribution in [-0.4, -0.2) is 29.1 Å². The monoisotopic (exact) mass is 429 g/mol. The molecule has 1 unspecified atom stereocenters. The van der Waals surface area contributed by atoms with E-state index in [-0.39, 0.29) is 15.7 Å². The molecule has 0 fully saturated rings. The first kappa shape index (κ1) is 21.2. The molecule has 0 aliphatic heterocycles. The molecule has 1 N–H and O–H groups in total. The van der Waals surface area contributed by atoms with E-state index in [9.17, 15) is 16.8 Å². The van der Waals surface area contributed by atoms with Crippen LogP contribution in [0.5, 0.6) is 0 Å². The summed E-state index contributed by atoms with van der Waals surface area (Å²) in [4.78, 5) is 0.104. The fraction of sp³-hybridized carbons (Fsp3) is 0.182. The zero-order valence-corrected chi connectivity index (χ0v) is 17.8. The molecule has 5 nitrogen and oxygen atoms in total. The van der Waals surface area contributed by atoms with Crippen molar-refractivity contribution in [3.63, 3.8) is 0 Å². The van der Waals surface area contributed by atoms with Gasteiger partial charge in [0.2, 0.25) is 10.0 Å². The number of nitrogens with one attached hydrogen (secondary N) is 1. The smallest absolute Gasteiger partial charge is 0.224 e. The molecule has 0 radical (unpaired) electrons. The molecule has 29 heavy (non-hydrogen) atoms. The summed E-state index contributed by atoms with van der Waals surface area (Å²) >= 11 is 0. The van der Waals surface area contributed by atoms with Gasteiger partial charge in [-0.25, -0.2) is 21.6 Å². The number of sulfonamides is 1. The maximum Gasteiger partial charge on any atom is 0.240 e. The molecule has 0 bridgehead atoms. The van der Waals surface area contributed by atoms with E-state index in [0.717, 1.165) is 17.4 Å². The highest BCUT2D eigenvalue weighted by Gasteiger charge is 2.26. The van der Waals surface area contributed by atoms with Crippen LogP contribution in [0.1, 0.15) is 24.0 Å². The Bertz CT molecular complexity index is 1120. The lowest BCUT2D eigenvalue weighted by Gasteiger charge is -2.26. The predicted molar refractivity (Wildman–Crippen MR) is 114 cm³/mol. The average Bonchev–Trinajstić information content (AvgIpc) is 2.69. The number of rotatable bonds is 7. The van der Waals surface area contributed by atoms with Crippen LogP contribution in [-0.2, 0) is 19.9 Å². The predicted octanol–water partition coefficient (Wildman–Crippen LogP) is 3.59. The SMILES string of the molecule is CC(NS(=O)(=O)c1ccc(S(C)(=O)=O)cc1)C(c1ccccc1)c1ccccc1. The molecule has 0 spiro atoms. The van der Waals surface area contributed by atoms with Crippen LogP contribution < -0.4 is 4.72 Å². The first-order chi connectivity index (χ1) is 13.7. The lowest BCUT2D eigenvalue weighted by molar-refractivity contribution is 0.538. The zero-order valence-electron chi connectivity index (χ0n) is 16.2. The summed E-state index contributed by atoms with van der Waals surface area (Å²) in [6.45, 7) is 1.83. The highest BCUT2D eigenvalue weighted by atomic mass is 32.2. The fourth-order valence-electron chi connectivity index (χ4n) is 3.34. The first-order valence-corrected chi connectivity index (χ1v) is 12.5. The van der Waals surface area contributed by atoms with E-state index in [2.05, 4.69) is 4.72 Å². The van der Waals surface area contributed by atoms with E-state index >= 15 is 0 Å². The minimum Gasteiger partial charge on any atom is -0.224 e. The molecule has 3 aromatic carbocycles. The summed E-state index contributed by atoms with van der Waals surface area (Å²) in [5, 5.41) is 0. The van der Waals surface area contributed by atoms with E-state index in [1.54, 1.807) is 0 Å². The van der Waals surface area contributed by atoms with Crippen LogP contribution >= 0.6 is 0 Å². The third-order valence-electron chi connectivity index (χ3n) is 4.72. The fourth-order valence-corrected chi connectivity index (χ4v) is 5.22. The molecular formula is C22H23NO4S2. The second kappa shape index (κ2) is 8.49. The van der Waals surface area contributed by atoms with Crippen molar-refractivity contribution in [2.75, 3.05) is 6.26 Å². The molecule has 152 valence electrons. The largest absolute Gasteiger partial charge is 0.240 e. The van der Waals surface area contributed by atoms with Gasteiger partial charge >= 0.3 is 0 Å². The molecule has 3 aromatic rings. The van der Waals surface area contributed by atoms with Crippen LogP contribution in [0.25, 0.3) is 0 Å². The Hall–Kier alpha value is -2.48. The maximum absolute atomic E-state index is 12.9. The Morgan fingerprint density at radius 1 is 0.655 bits per heavy atom. The summed E-state index contributed by atoms with van der Waals surface area (Å²) < 4.78 is 51.8. The van der Waals surface area contributed by atoms with Gasteiger partial charge in [0.05, 0.1) is 9.79 Å². The van der Waals surface area contributed by atoms with Crippen molar-refractivity contribution in [3.8, 4) is 0 Å². The van der Waals surface area contributed by atoms with E-state index in [1.807, 2.05) is 67.6 Å². The van der Waals surface area contributed by atoms with E-state index in [1.165, 1.54) is 24.3 Å². The molecule has 0 aliphatic carbocycles. The Balaban J connectivity index is 1.92. The Labute approximate surface area is 172 Å². The Kier molecular flexibility index (Phi) is 6.21. The number of sulfone groups is 1. The number of hydrogen-bond acceptors (Lipinski definition) is 4. The summed E-state index contributed by atoms with van der Waals surface area (Å²) in [7, 11) is -7.22. The van der Waals surface area contributed by atoms with Crippen molar-refractivity contribution in [3.05, 3.63) is 96.1 Å². The molecule has 7 heteroatoms. The summed E-state index contributed by atoms with van der Waals surface area (Å²) in [6, 6.07) is 24.3. The first-order valence-electron chi connectivity index (χ1n) is 9.11. The van der Waals surface area contributed by atoms with Crippen molar-refractivity contribution in [2.24, 2.45) is 0 Å². The van der Waals surface area contributed by atoms with E-state index < -0.39 is 25.9 Å². The number of benzene rings is 3. The second-order valence-corrected chi connectivity index (χ2v) is 10.7. The zero-order chi connectivity index (χ0) is 21.1. The van der Waals surface area contributed by atoms with Gasteiger partial charge in [0.15, 0.2) is 9.84 Å². The van der Waals surface area contributed by atoms with Crippen molar-refractivity contribution in [1.82, 2.24) is 4.72 Å². The lowest BCUT2D eigenvalue weighted by atomic mass is 9.86. The van der Waals surface area contributed by atoms with Gasteiger partial charge in [0.1, 0.15) is 0 Å². The van der Waals surface area contributed by atoms with Crippen LogP contribution in [0, 0.1) is 0 Å². The highest BCUT2D eigenvalue weighted by Crippen LogP contribution is 2.29. The maximum atomic E-state index is 12.9. The van der Waals surface area contributed by atoms with E-state index in [0.29, 0.717) is 0 Å². The van der Waals surface area contributed by atoms with Gasteiger partial charge in [0, 0.05) is 18.2 Å². The molecule has 0 saturated carbocycles.